The van der Waals surface area contributed by atoms with Crippen molar-refractivity contribution in [2.75, 3.05) is 18.0 Å². The van der Waals surface area contributed by atoms with Crippen LogP contribution in [0.2, 0.25) is 0 Å². The minimum Gasteiger partial charge on any atom is -0.507 e. The summed E-state index contributed by atoms with van der Waals surface area (Å²) >= 11 is 0. The van der Waals surface area contributed by atoms with Crippen molar-refractivity contribution in [3.05, 3.63) is 48.5 Å². The molecule has 3 heteroatoms. The molecule has 0 fully saturated rings. The molecule has 0 bridgehead atoms. The van der Waals surface area contributed by atoms with Crippen LogP contribution >= 0.6 is 0 Å². The number of hydrogen-bond donors (Lipinski definition) is 2. The smallest absolute Gasteiger partial charge is 0.125 e. The molecule has 0 atom stereocenters. The van der Waals surface area contributed by atoms with E-state index < -0.39 is 0 Å². The molecule has 0 spiro atoms. The zero-order valence-corrected chi connectivity index (χ0v) is 14.5. The highest BCUT2D eigenvalue weighted by Gasteiger charge is 2.12. The molecular weight excluding hydrogens is 296 g/mol. The van der Waals surface area contributed by atoms with Crippen molar-refractivity contribution >= 4 is 16.6 Å². The molecule has 3 nitrogen and oxygen atoms in total. The Balaban J connectivity index is 1.98. The maximum absolute atomic E-state index is 10.4. The number of nitrogens with zero attached hydrogens (tertiary/aromatic N) is 1. The Labute approximate surface area is 143 Å². The Morgan fingerprint density at radius 3 is 2.54 bits per heavy atom. The Kier molecular flexibility index (Phi) is 5.09. The molecule has 2 aromatic carbocycles. The van der Waals surface area contributed by atoms with Crippen molar-refractivity contribution < 1.29 is 5.11 Å². The lowest BCUT2D eigenvalue weighted by Gasteiger charge is -2.25. The predicted octanol–water partition coefficient (Wildman–Crippen LogP) is 5.56. The third kappa shape index (κ3) is 3.40. The molecule has 0 aliphatic heterocycles. The Bertz CT molecular complexity index is 773. The number of aromatic nitrogens is 1. The lowest BCUT2D eigenvalue weighted by molar-refractivity contribution is 0.477. The van der Waals surface area contributed by atoms with Gasteiger partial charge in [-0.25, -0.2) is 0 Å². The average molecular weight is 322 g/mol. The number of anilines is 1. The highest BCUT2D eigenvalue weighted by atomic mass is 16.3. The number of unbranched alkanes of at least 4 members (excludes halogenated alkanes) is 1. The van der Waals surface area contributed by atoms with Crippen LogP contribution in [0.1, 0.15) is 33.1 Å². The van der Waals surface area contributed by atoms with Gasteiger partial charge in [0.15, 0.2) is 0 Å². The number of phenolic OH excluding ortho intramolecular Hbond substituents is 1. The van der Waals surface area contributed by atoms with Gasteiger partial charge in [0.1, 0.15) is 5.75 Å². The van der Waals surface area contributed by atoms with Gasteiger partial charge in [0, 0.05) is 35.2 Å². The second-order valence-corrected chi connectivity index (χ2v) is 6.31. The molecule has 0 aliphatic carbocycles. The molecule has 1 heterocycles. The number of phenols is 1. The molecule has 3 rings (SSSR count). The third-order valence-corrected chi connectivity index (χ3v) is 4.44. The fourth-order valence-electron chi connectivity index (χ4n) is 3.14. The van der Waals surface area contributed by atoms with E-state index in [0.29, 0.717) is 5.75 Å². The maximum atomic E-state index is 10.4. The van der Waals surface area contributed by atoms with Crippen LogP contribution in [0.4, 0.5) is 5.69 Å². The predicted molar refractivity (Wildman–Crippen MR) is 103 cm³/mol. The van der Waals surface area contributed by atoms with Crippen molar-refractivity contribution in [2.24, 2.45) is 0 Å². The van der Waals surface area contributed by atoms with Gasteiger partial charge < -0.3 is 15.0 Å². The van der Waals surface area contributed by atoms with Crippen LogP contribution in [0.25, 0.3) is 22.2 Å². The molecule has 0 radical (unpaired) electrons. The second-order valence-electron chi connectivity index (χ2n) is 6.31. The monoisotopic (exact) mass is 322 g/mol. The van der Waals surface area contributed by atoms with Crippen LogP contribution < -0.4 is 4.90 Å². The SMILES string of the molecule is CCCCN(CCC)c1ccc(O)c(-c2cc3ccccc3[nH]2)c1. The number of H-pyrrole nitrogens is 1. The van der Waals surface area contributed by atoms with Crippen molar-refractivity contribution in [3.63, 3.8) is 0 Å². The van der Waals surface area contributed by atoms with Gasteiger partial charge in [-0.3, -0.25) is 0 Å². The van der Waals surface area contributed by atoms with E-state index in [0.717, 1.165) is 41.7 Å². The van der Waals surface area contributed by atoms with Crippen LogP contribution in [0.3, 0.4) is 0 Å². The molecule has 2 N–H and O–H groups in total. The zero-order valence-electron chi connectivity index (χ0n) is 14.5. The van der Waals surface area contributed by atoms with Gasteiger partial charge in [-0.15, -0.1) is 0 Å². The topological polar surface area (TPSA) is 39.3 Å². The number of benzene rings is 2. The highest BCUT2D eigenvalue weighted by molar-refractivity contribution is 5.87. The summed E-state index contributed by atoms with van der Waals surface area (Å²) < 4.78 is 0. The Hall–Kier alpha value is -2.42. The van der Waals surface area contributed by atoms with Gasteiger partial charge in [-0.05, 0) is 43.2 Å². The number of fused-ring (bicyclic) bond motifs is 1. The number of rotatable bonds is 7. The summed E-state index contributed by atoms with van der Waals surface area (Å²) in [7, 11) is 0. The van der Waals surface area contributed by atoms with Gasteiger partial charge in [0.2, 0.25) is 0 Å². The molecule has 0 aliphatic rings. The van der Waals surface area contributed by atoms with E-state index in [9.17, 15) is 5.11 Å². The van der Waals surface area contributed by atoms with Crippen molar-refractivity contribution in [2.45, 2.75) is 33.1 Å². The lowest BCUT2D eigenvalue weighted by atomic mass is 10.1. The summed E-state index contributed by atoms with van der Waals surface area (Å²) in [6, 6.07) is 16.2. The minimum absolute atomic E-state index is 0.317. The van der Waals surface area contributed by atoms with Gasteiger partial charge in [0.05, 0.1) is 5.69 Å². The van der Waals surface area contributed by atoms with Crippen LogP contribution in [0.5, 0.6) is 5.75 Å². The van der Waals surface area contributed by atoms with Gasteiger partial charge in [-0.2, -0.15) is 0 Å². The quantitative estimate of drug-likeness (QED) is 0.598. The third-order valence-electron chi connectivity index (χ3n) is 4.44. The minimum atomic E-state index is 0.317. The number of para-hydroxylation sites is 1. The second kappa shape index (κ2) is 7.43. The summed E-state index contributed by atoms with van der Waals surface area (Å²) in [6.07, 6.45) is 3.49. The normalized spacial score (nSPS) is 11.1. The van der Waals surface area contributed by atoms with Crippen molar-refractivity contribution in [1.29, 1.82) is 0 Å². The molecule has 0 saturated heterocycles. The van der Waals surface area contributed by atoms with E-state index in [1.54, 1.807) is 0 Å². The first-order chi connectivity index (χ1) is 11.7. The fraction of sp³-hybridized carbons (Fsp3) is 0.333. The van der Waals surface area contributed by atoms with Crippen molar-refractivity contribution in [1.82, 2.24) is 4.98 Å². The first-order valence-electron chi connectivity index (χ1n) is 8.89. The Morgan fingerprint density at radius 1 is 0.958 bits per heavy atom. The molecule has 0 saturated carbocycles. The van der Waals surface area contributed by atoms with Crippen LogP contribution in [0, 0.1) is 0 Å². The van der Waals surface area contributed by atoms with E-state index in [1.165, 1.54) is 18.5 Å². The van der Waals surface area contributed by atoms with Gasteiger partial charge in [0.25, 0.3) is 0 Å². The summed E-state index contributed by atoms with van der Waals surface area (Å²) in [5.41, 5.74) is 4.09. The van der Waals surface area contributed by atoms with E-state index in [-0.39, 0.29) is 0 Å². The first kappa shape index (κ1) is 16.4. The number of aromatic hydroxyl groups is 1. The summed E-state index contributed by atoms with van der Waals surface area (Å²) in [6.45, 7) is 6.52. The zero-order chi connectivity index (χ0) is 16.9. The van der Waals surface area contributed by atoms with Crippen LogP contribution in [-0.2, 0) is 0 Å². The Morgan fingerprint density at radius 2 is 1.79 bits per heavy atom. The standard InChI is InChI=1S/C21H26N2O/c1-3-5-13-23(12-4-2)17-10-11-21(24)18(15-17)20-14-16-8-6-7-9-19(16)22-20/h6-11,14-15,22,24H,3-5,12-13H2,1-2H3. The fourth-order valence-corrected chi connectivity index (χ4v) is 3.14. The number of hydrogen-bond acceptors (Lipinski definition) is 2. The summed E-state index contributed by atoms with van der Waals surface area (Å²) in [4.78, 5) is 5.83. The number of aromatic amines is 1. The number of nitrogens with one attached hydrogen (secondary N) is 1. The molecule has 1 aromatic heterocycles. The highest BCUT2D eigenvalue weighted by Crippen LogP contribution is 2.34. The lowest BCUT2D eigenvalue weighted by Crippen LogP contribution is -2.25. The average Bonchev–Trinajstić information content (AvgIpc) is 3.03. The van der Waals surface area contributed by atoms with Gasteiger partial charge in [-0.1, -0.05) is 38.5 Å². The molecule has 0 unspecified atom stereocenters. The molecule has 3 aromatic rings. The molecule has 0 amide bonds. The molecule has 126 valence electrons. The summed E-state index contributed by atoms with van der Waals surface area (Å²) in [5, 5.41) is 11.5. The van der Waals surface area contributed by atoms with Crippen molar-refractivity contribution in [3.8, 4) is 17.0 Å². The van der Waals surface area contributed by atoms with Crippen LogP contribution in [-0.4, -0.2) is 23.2 Å². The molecule has 24 heavy (non-hydrogen) atoms. The maximum Gasteiger partial charge on any atom is 0.125 e. The van der Waals surface area contributed by atoms with E-state index >= 15 is 0 Å². The van der Waals surface area contributed by atoms with Gasteiger partial charge >= 0.3 is 0 Å². The molecular formula is C21H26N2O. The van der Waals surface area contributed by atoms with E-state index in [4.69, 9.17) is 0 Å². The first-order valence-corrected chi connectivity index (χ1v) is 8.89. The summed E-state index contributed by atoms with van der Waals surface area (Å²) in [5.74, 6) is 0.317. The van der Waals surface area contributed by atoms with Crippen LogP contribution in [0.15, 0.2) is 48.5 Å². The largest absolute Gasteiger partial charge is 0.507 e. The van der Waals surface area contributed by atoms with E-state index in [2.05, 4.69) is 48.0 Å². The van der Waals surface area contributed by atoms with E-state index in [1.807, 2.05) is 24.3 Å².